The maximum absolute atomic E-state index is 13.4. The summed E-state index contributed by atoms with van der Waals surface area (Å²) in [4.78, 5) is 15.6. The lowest BCUT2D eigenvalue weighted by atomic mass is 9.74. The molecular weight excluding hydrogens is 384 g/mol. The average molecular weight is 415 g/mol. The minimum Gasteiger partial charge on any atom is -0.381 e. The molecule has 2 aromatic carbocycles. The van der Waals surface area contributed by atoms with Crippen LogP contribution in [0.5, 0.6) is 0 Å². The fourth-order valence-electron chi connectivity index (χ4n) is 4.25. The van der Waals surface area contributed by atoms with Crippen LogP contribution in [0.25, 0.3) is 0 Å². The summed E-state index contributed by atoms with van der Waals surface area (Å²) in [5.41, 5.74) is 2.05. The molecule has 0 radical (unpaired) electrons. The Bertz CT molecular complexity index is 786. The van der Waals surface area contributed by atoms with E-state index in [9.17, 15) is 4.79 Å². The lowest BCUT2D eigenvalue weighted by Crippen LogP contribution is -2.48. The molecular formula is C24H31ClN2O2. The van der Waals surface area contributed by atoms with E-state index in [1.165, 1.54) is 5.56 Å². The van der Waals surface area contributed by atoms with E-state index in [1.807, 2.05) is 48.5 Å². The second kappa shape index (κ2) is 10.2. The number of benzene rings is 2. The van der Waals surface area contributed by atoms with Gasteiger partial charge in [-0.25, -0.2) is 0 Å². The molecule has 0 aliphatic carbocycles. The van der Waals surface area contributed by atoms with E-state index in [1.54, 1.807) is 0 Å². The highest BCUT2D eigenvalue weighted by atomic mass is 35.5. The smallest absolute Gasteiger partial charge is 0.241 e. The van der Waals surface area contributed by atoms with Gasteiger partial charge in [-0.05, 0) is 49.2 Å². The summed E-state index contributed by atoms with van der Waals surface area (Å²) in [5.74, 6) is 0.0489. The molecule has 1 amide bonds. The van der Waals surface area contributed by atoms with Crippen LogP contribution in [0, 0.1) is 0 Å². The lowest BCUT2D eigenvalue weighted by molar-refractivity contribution is -0.127. The topological polar surface area (TPSA) is 41.6 Å². The Morgan fingerprint density at radius 2 is 1.79 bits per heavy atom. The van der Waals surface area contributed by atoms with Gasteiger partial charge in [0.1, 0.15) is 6.04 Å². The zero-order valence-electron chi connectivity index (χ0n) is 17.4. The van der Waals surface area contributed by atoms with Gasteiger partial charge in [0.2, 0.25) is 5.91 Å². The van der Waals surface area contributed by atoms with Crippen LogP contribution in [0.1, 0.15) is 43.9 Å². The molecule has 4 nitrogen and oxygen atoms in total. The Kier molecular flexibility index (Phi) is 7.70. The Balaban J connectivity index is 1.82. The predicted octanol–water partition coefficient (Wildman–Crippen LogP) is 4.59. The molecule has 1 aliphatic rings. The van der Waals surface area contributed by atoms with Gasteiger partial charge in [-0.2, -0.15) is 0 Å². The highest BCUT2D eigenvalue weighted by Crippen LogP contribution is 2.35. The van der Waals surface area contributed by atoms with Crippen LogP contribution in [0.4, 0.5) is 0 Å². The zero-order valence-corrected chi connectivity index (χ0v) is 18.1. The van der Waals surface area contributed by atoms with Crippen LogP contribution in [0.2, 0.25) is 5.02 Å². The third kappa shape index (κ3) is 5.19. The highest BCUT2D eigenvalue weighted by Gasteiger charge is 2.36. The minimum atomic E-state index is -0.289. The molecule has 29 heavy (non-hydrogen) atoms. The SMILES string of the molecule is CCN(CC)C(C(=O)NCC1(c2cccc(Cl)c2)CCOCC1)c1ccccc1. The second-order valence-corrected chi connectivity index (χ2v) is 8.09. The standard InChI is InChI=1S/C24H31ClN2O2/c1-3-27(4-2)22(19-9-6-5-7-10-19)23(28)26-18-24(13-15-29-16-14-24)20-11-8-12-21(25)17-20/h5-12,17,22H,3-4,13-16,18H2,1-2H3,(H,26,28). The second-order valence-electron chi connectivity index (χ2n) is 7.66. The van der Waals surface area contributed by atoms with Crippen LogP contribution in [0.15, 0.2) is 54.6 Å². The number of hydrogen-bond donors (Lipinski definition) is 1. The van der Waals surface area contributed by atoms with Gasteiger partial charge in [0, 0.05) is 30.2 Å². The summed E-state index contributed by atoms with van der Waals surface area (Å²) in [6.45, 7) is 7.80. The summed E-state index contributed by atoms with van der Waals surface area (Å²) in [6.07, 6.45) is 1.74. The zero-order chi connectivity index (χ0) is 20.7. The van der Waals surface area contributed by atoms with Gasteiger partial charge in [0.25, 0.3) is 0 Å². The van der Waals surface area contributed by atoms with Crippen molar-refractivity contribution in [1.29, 1.82) is 0 Å². The number of nitrogens with one attached hydrogen (secondary N) is 1. The number of carbonyl (C=O) groups is 1. The Labute approximate surface area is 179 Å². The number of likely N-dealkylation sites (N-methyl/N-ethyl adjacent to an activating group) is 1. The van der Waals surface area contributed by atoms with Crippen LogP contribution in [-0.4, -0.2) is 43.7 Å². The van der Waals surface area contributed by atoms with Crippen molar-refractivity contribution in [1.82, 2.24) is 10.2 Å². The van der Waals surface area contributed by atoms with E-state index in [2.05, 4.69) is 30.1 Å². The molecule has 1 aliphatic heterocycles. The monoisotopic (exact) mass is 414 g/mol. The van der Waals surface area contributed by atoms with Crippen LogP contribution < -0.4 is 5.32 Å². The molecule has 3 rings (SSSR count). The van der Waals surface area contributed by atoms with Crippen LogP contribution in [-0.2, 0) is 14.9 Å². The first kappa shape index (κ1) is 21.8. The van der Waals surface area contributed by atoms with Crippen molar-refractivity contribution >= 4 is 17.5 Å². The first-order valence-corrected chi connectivity index (χ1v) is 10.9. The van der Waals surface area contributed by atoms with Crippen LogP contribution >= 0.6 is 11.6 Å². The highest BCUT2D eigenvalue weighted by molar-refractivity contribution is 6.30. The van der Waals surface area contributed by atoms with E-state index >= 15 is 0 Å². The molecule has 0 bridgehead atoms. The number of rotatable bonds is 8. The van der Waals surface area contributed by atoms with E-state index in [0.29, 0.717) is 19.8 Å². The molecule has 0 aromatic heterocycles. The Hall–Kier alpha value is -1.88. The molecule has 5 heteroatoms. The minimum absolute atomic E-state index is 0.0489. The summed E-state index contributed by atoms with van der Waals surface area (Å²) in [5, 5.41) is 4.01. The maximum atomic E-state index is 13.4. The fourth-order valence-corrected chi connectivity index (χ4v) is 4.44. The van der Waals surface area contributed by atoms with Crippen molar-refractivity contribution in [3.8, 4) is 0 Å². The van der Waals surface area contributed by atoms with Crippen molar-refractivity contribution in [3.63, 3.8) is 0 Å². The van der Waals surface area contributed by atoms with Gasteiger partial charge in [-0.3, -0.25) is 9.69 Å². The molecule has 0 spiro atoms. The summed E-state index contributed by atoms with van der Waals surface area (Å²) >= 11 is 6.27. The van der Waals surface area contributed by atoms with Crippen LogP contribution in [0.3, 0.4) is 0 Å². The number of amides is 1. The molecule has 1 heterocycles. The normalized spacial score (nSPS) is 17.1. The van der Waals surface area contributed by atoms with Gasteiger partial charge in [-0.15, -0.1) is 0 Å². The number of halogens is 1. The Morgan fingerprint density at radius 3 is 2.41 bits per heavy atom. The first-order valence-electron chi connectivity index (χ1n) is 10.5. The largest absolute Gasteiger partial charge is 0.381 e. The van der Waals surface area contributed by atoms with Gasteiger partial charge in [0.15, 0.2) is 0 Å². The van der Waals surface area contributed by atoms with Crippen molar-refractivity contribution < 1.29 is 9.53 Å². The molecule has 1 fully saturated rings. The molecule has 0 saturated carbocycles. The Morgan fingerprint density at radius 1 is 1.10 bits per heavy atom. The molecule has 156 valence electrons. The molecule has 1 atom stereocenters. The lowest BCUT2D eigenvalue weighted by Gasteiger charge is -2.39. The van der Waals surface area contributed by atoms with Gasteiger partial charge in [-0.1, -0.05) is 67.9 Å². The molecule has 2 aromatic rings. The number of hydrogen-bond acceptors (Lipinski definition) is 3. The predicted molar refractivity (Wildman–Crippen MR) is 118 cm³/mol. The number of carbonyl (C=O) groups excluding carboxylic acids is 1. The average Bonchev–Trinajstić information content (AvgIpc) is 2.77. The third-order valence-electron chi connectivity index (χ3n) is 6.03. The van der Waals surface area contributed by atoms with Crippen molar-refractivity contribution in [2.24, 2.45) is 0 Å². The quantitative estimate of drug-likeness (QED) is 0.687. The number of nitrogens with zero attached hydrogens (tertiary/aromatic N) is 1. The van der Waals surface area contributed by atoms with E-state index in [4.69, 9.17) is 16.3 Å². The van der Waals surface area contributed by atoms with Crippen molar-refractivity contribution in [3.05, 3.63) is 70.7 Å². The van der Waals surface area contributed by atoms with E-state index in [-0.39, 0.29) is 17.4 Å². The van der Waals surface area contributed by atoms with Crippen molar-refractivity contribution in [2.75, 3.05) is 32.8 Å². The van der Waals surface area contributed by atoms with Gasteiger partial charge in [0.05, 0.1) is 0 Å². The molecule has 1 saturated heterocycles. The third-order valence-corrected chi connectivity index (χ3v) is 6.26. The van der Waals surface area contributed by atoms with Gasteiger partial charge < -0.3 is 10.1 Å². The van der Waals surface area contributed by atoms with Gasteiger partial charge >= 0.3 is 0 Å². The van der Waals surface area contributed by atoms with E-state index < -0.39 is 0 Å². The molecule has 1 N–H and O–H groups in total. The van der Waals surface area contributed by atoms with E-state index in [0.717, 1.165) is 36.5 Å². The summed E-state index contributed by atoms with van der Waals surface area (Å²) in [7, 11) is 0. The first-order chi connectivity index (χ1) is 14.1. The maximum Gasteiger partial charge on any atom is 0.241 e. The fraction of sp³-hybridized carbons (Fsp3) is 0.458. The molecule has 1 unspecified atom stereocenters. The number of ether oxygens (including phenoxy) is 1. The summed E-state index contributed by atoms with van der Waals surface area (Å²) < 4.78 is 5.62. The summed E-state index contributed by atoms with van der Waals surface area (Å²) in [6, 6.07) is 17.8. The van der Waals surface area contributed by atoms with Crippen molar-refractivity contribution in [2.45, 2.75) is 38.1 Å².